The van der Waals surface area contributed by atoms with Crippen LogP contribution < -0.4 is 0 Å². The van der Waals surface area contributed by atoms with E-state index in [1.54, 1.807) is 0 Å². The molecule has 0 fully saturated rings. The second kappa shape index (κ2) is 10.5. The Morgan fingerprint density at radius 3 is 2.43 bits per heavy atom. The number of hydrogen-bond acceptors (Lipinski definition) is 3. The van der Waals surface area contributed by atoms with E-state index in [9.17, 15) is 0 Å². The van der Waals surface area contributed by atoms with Gasteiger partial charge in [-0.05, 0) is 44.4 Å². The molecule has 0 unspecified atom stereocenters. The summed E-state index contributed by atoms with van der Waals surface area (Å²) in [5, 5.41) is 1.13. The third-order valence-corrected chi connectivity index (χ3v) is 4.85. The molecule has 0 radical (unpaired) electrons. The second-order valence-corrected chi connectivity index (χ2v) is 27.3. The molecule has 4 nitrogen and oxygen atoms in total. The van der Waals surface area contributed by atoms with E-state index in [4.69, 9.17) is 42.7 Å². The molecular weight excluding hydrogens is 713 g/mol. The summed E-state index contributed by atoms with van der Waals surface area (Å²) in [6.07, 6.45) is 1.84. The zero-order valence-corrected chi connectivity index (χ0v) is 23.0. The number of imidazole rings is 1. The third kappa shape index (κ3) is 6.55. The van der Waals surface area contributed by atoms with Crippen molar-refractivity contribution in [2.45, 2.75) is 6.54 Å². The molecule has 2 heterocycles. The van der Waals surface area contributed by atoms with E-state index in [2.05, 4.69) is 86.9 Å². The summed E-state index contributed by atoms with van der Waals surface area (Å²) in [4.78, 5) is 11.7. The van der Waals surface area contributed by atoms with Crippen LogP contribution in [0.2, 0.25) is 0 Å². The summed E-state index contributed by atoms with van der Waals surface area (Å²) < 4.78 is 3.34. The fourth-order valence-electron chi connectivity index (χ4n) is 3.12. The zero-order chi connectivity index (χ0) is 21.9. The van der Waals surface area contributed by atoms with Gasteiger partial charge in [-0.15, -0.1) is 0 Å². The standard InChI is InChI=1S/C20H19BrN4.4ClH.Pt/c1-24(2)11-12-25-18-9-8-15(21)13-17(18)23-20(25)16-7-3-5-14-6-4-10-22-19(14)16;;;;;/h3-10,13H,11-12H2,1-2H3;4*1H;/q;;;;;+4/p-4. The molecule has 0 aliphatic heterocycles. The summed E-state index contributed by atoms with van der Waals surface area (Å²) >= 11 is 0.499. The first kappa shape index (κ1) is 24.3. The van der Waals surface area contributed by atoms with Gasteiger partial charge in [-0.3, -0.25) is 4.98 Å². The monoisotopic (exact) mass is 729 g/mol. The van der Waals surface area contributed by atoms with Crippen molar-refractivity contribution in [3.8, 4) is 11.4 Å². The van der Waals surface area contributed by atoms with Crippen molar-refractivity contribution in [3.05, 3.63) is 59.2 Å². The molecule has 0 aliphatic rings. The molecule has 0 spiro atoms. The maximum absolute atomic E-state index is 5.01. The fraction of sp³-hybridized carbons (Fsp3) is 0.200. The number of hydrogen-bond donors (Lipinski definition) is 0. The van der Waals surface area contributed by atoms with Gasteiger partial charge in [0.25, 0.3) is 0 Å². The Bertz CT molecular complexity index is 1150. The Hall–Kier alpha value is -0.392. The normalized spacial score (nSPS) is 12.3. The van der Waals surface area contributed by atoms with Crippen LogP contribution in [0.3, 0.4) is 0 Å². The van der Waals surface area contributed by atoms with Crippen molar-refractivity contribution in [3.63, 3.8) is 0 Å². The minimum absolute atomic E-state index is 0.879. The molecule has 0 saturated heterocycles. The van der Waals surface area contributed by atoms with Crippen LogP contribution in [0.5, 0.6) is 0 Å². The summed E-state index contributed by atoms with van der Waals surface area (Å²) in [6.45, 7) is 1.83. The van der Waals surface area contributed by atoms with E-state index in [0.717, 1.165) is 50.9 Å². The van der Waals surface area contributed by atoms with Crippen LogP contribution in [0.15, 0.2) is 59.2 Å². The molecule has 10 heteroatoms. The maximum atomic E-state index is 5.01. The molecule has 0 saturated carbocycles. The Morgan fingerprint density at radius 1 is 1.03 bits per heavy atom. The topological polar surface area (TPSA) is 34.0 Å². The van der Waals surface area contributed by atoms with Crippen molar-refractivity contribution in [1.29, 1.82) is 0 Å². The van der Waals surface area contributed by atoms with Gasteiger partial charge in [-0.1, -0.05) is 34.1 Å². The van der Waals surface area contributed by atoms with Crippen molar-refractivity contribution < 1.29 is 11.9 Å². The SMILES string of the molecule is CN(C)CCn1c(-c2cccc3cccnc23)nc2cc(Br)ccc21.[Cl][Pt]([Cl])([Cl])[Cl]. The molecule has 4 rings (SSSR count). The Kier molecular flexibility index (Phi) is 8.48. The molecular formula is C20H19BrCl4N4Pt. The van der Waals surface area contributed by atoms with E-state index in [1.807, 2.05) is 12.3 Å². The molecule has 0 bridgehead atoms. The second-order valence-electron chi connectivity index (χ2n) is 6.68. The summed E-state index contributed by atoms with van der Waals surface area (Å²) in [7, 11) is 24.2. The molecule has 0 atom stereocenters. The van der Waals surface area contributed by atoms with Gasteiger partial charge in [0.15, 0.2) is 0 Å². The van der Waals surface area contributed by atoms with Gasteiger partial charge in [0.1, 0.15) is 5.82 Å². The number of halogens is 5. The molecule has 0 amide bonds. The van der Waals surface area contributed by atoms with Crippen LogP contribution in [0.25, 0.3) is 33.3 Å². The Labute approximate surface area is 203 Å². The summed E-state index contributed by atoms with van der Waals surface area (Å²) in [5.41, 5.74) is 4.21. The molecule has 164 valence electrons. The number of benzene rings is 2. The molecule has 0 N–H and O–H groups in total. The number of nitrogens with zero attached hydrogens (tertiary/aromatic N) is 4. The fourth-order valence-corrected chi connectivity index (χ4v) is 3.47. The van der Waals surface area contributed by atoms with Gasteiger partial charge in [0, 0.05) is 34.7 Å². The quantitative estimate of drug-likeness (QED) is 0.221. The van der Waals surface area contributed by atoms with Crippen LogP contribution >= 0.6 is 53.6 Å². The predicted octanol–water partition coefficient (Wildman–Crippen LogP) is 7.33. The van der Waals surface area contributed by atoms with E-state index < -0.39 is 11.9 Å². The van der Waals surface area contributed by atoms with Crippen LogP contribution in [0.1, 0.15) is 0 Å². The van der Waals surface area contributed by atoms with Gasteiger partial charge in [0.05, 0.1) is 16.6 Å². The van der Waals surface area contributed by atoms with Crippen LogP contribution in [-0.4, -0.2) is 40.1 Å². The van der Waals surface area contributed by atoms with Crippen LogP contribution in [0, 0.1) is 0 Å². The van der Waals surface area contributed by atoms with Crippen molar-refractivity contribution in [1.82, 2.24) is 19.4 Å². The average molecular weight is 732 g/mol. The van der Waals surface area contributed by atoms with Crippen LogP contribution in [0.4, 0.5) is 0 Å². The predicted molar refractivity (Wildman–Crippen MR) is 130 cm³/mol. The molecule has 30 heavy (non-hydrogen) atoms. The summed E-state index contributed by atoms with van der Waals surface area (Å²) in [5.74, 6) is 0.972. The first-order valence-electron chi connectivity index (χ1n) is 8.76. The first-order chi connectivity index (χ1) is 14.1. The molecule has 4 aromatic rings. The van der Waals surface area contributed by atoms with Crippen molar-refractivity contribution in [2.75, 3.05) is 20.6 Å². The molecule has 2 aromatic heterocycles. The van der Waals surface area contributed by atoms with Crippen LogP contribution in [-0.2, 0) is 18.4 Å². The number of para-hydroxylation sites is 1. The molecule has 2 aromatic carbocycles. The minimum atomic E-state index is -3.06. The summed E-state index contributed by atoms with van der Waals surface area (Å²) in [6, 6.07) is 16.6. The number of pyridine rings is 1. The van der Waals surface area contributed by atoms with E-state index in [-0.39, 0.29) is 0 Å². The Balaban J connectivity index is 0.000000461. The first-order valence-corrected chi connectivity index (χ1v) is 20.8. The Morgan fingerprint density at radius 2 is 1.73 bits per heavy atom. The van der Waals surface area contributed by atoms with Crippen molar-refractivity contribution >= 4 is 75.5 Å². The van der Waals surface area contributed by atoms with Gasteiger partial charge >= 0.3 is 49.6 Å². The van der Waals surface area contributed by atoms with E-state index in [1.165, 1.54) is 0 Å². The van der Waals surface area contributed by atoms with Gasteiger partial charge in [0.2, 0.25) is 0 Å². The average Bonchev–Trinajstić information content (AvgIpc) is 3.01. The van der Waals surface area contributed by atoms with Gasteiger partial charge < -0.3 is 9.47 Å². The number of likely N-dealkylation sites (N-methyl/N-ethyl adjacent to an activating group) is 1. The number of aromatic nitrogens is 3. The van der Waals surface area contributed by atoms with E-state index >= 15 is 0 Å². The third-order valence-electron chi connectivity index (χ3n) is 4.35. The van der Waals surface area contributed by atoms with Crippen molar-refractivity contribution in [2.24, 2.45) is 0 Å². The molecule has 0 aliphatic carbocycles. The van der Waals surface area contributed by atoms with Gasteiger partial charge in [-0.25, -0.2) is 4.98 Å². The zero-order valence-electron chi connectivity index (χ0n) is 16.1. The van der Waals surface area contributed by atoms with E-state index in [0.29, 0.717) is 0 Å². The van der Waals surface area contributed by atoms with Gasteiger partial charge in [-0.2, -0.15) is 0 Å². The number of fused-ring (bicyclic) bond motifs is 2. The number of rotatable bonds is 4.